The van der Waals surface area contributed by atoms with Crippen molar-refractivity contribution in [2.45, 2.75) is 44.4 Å². The van der Waals surface area contributed by atoms with E-state index in [4.69, 9.17) is 15.6 Å². The molecule has 202 valence electrons. The minimum atomic E-state index is -4.27. The second kappa shape index (κ2) is 10.4. The van der Waals surface area contributed by atoms with Crippen LogP contribution in [0.4, 0.5) is 10.1 Å². The van der Waals surface area contributed by atoms with Gasteiger partial charge in [0.25, 0.3) is 10.0 Å². The number of aromatic carboxylic acids is 1. The zero-order valence-corrected chi connectivity index (χ0v) is 22.6. The van der Waals surface area contributed by atoms with Gasteiger partial charge in [-0.2, -0.15) is 8.42 Å². The van der Waals surface area contributed by atoms with Gasteiger partial charge < -0.3 is 20.7 Å². The number of thiazole rings is 1. The second-order valence-corrected chi connectivity index (χ2v) is 12.3. The van der Waals surface area contributed by atoms with Crippen LogP contribution in [0.25, 0.3) is 16.1 Å². The third-order valence-corrected chi connectivity index (χ3v) is 8.75. The molecular weight excluding hydrogens is 533 g/mol. The first-order valence-corrected chi connectivity index (χ1v) is 14.0. The van der Waals surface area contributed by atoms with Crippen molar-refractivity contribution >= 4 is 38.6 Å². The highest BCUT2D eigenvalue weighted by molar-refractivity contribution is 7.92. The standard InChI is InChI=1S/C26H28FN3O6S2/c1-26(2)8-6-14(7-9-26)16-5-4-15(10-17(16)23(28)31)24-29-22(13-37-24)38(34,35)30-20-12-19(27)18(25(32)33)11-21(20)36-3/h4-6,10-13,23,30-31H,7-9,28H2,1-3H3,(H,32,33). The van der Waals surface area contributed by atoms with Gasteiger partial charge in [-0.15, -0.1) is 11.3 Å². The van der Waals surface area contributed by atoms with Gasteiger partial charge in [0.05, 0.1) is 18.4 Å². The Balaban J connectivity index is 1.64. The maximum Gasteiger partial charge on any atom is 0.338 e. The van der Waals surface area contributed by atoms with Crippen LogP contribution in [0.3, 0.4) is 0 Å². The summed E-state index contributed by atoms with van der Waals surface area (Å²) in [7, 11) is -3.07. The van der Waals surface area contributed by atoms with E-state index in [1.165, 1.54) is 12.5 Å². The molecule has 0 saturated heterocycles. The zero-order chi connectivity index (χ0) is 27.8. The minimum absolute atomic E-state index is 0.166. The highest BCUT2D eigenvalue weighted by Crippen LogP contribution is 2.40. The summed E-state index contributed by atoms with van der Waals surface area (Å²) in [6.45, 7) is 4.42. The fourth-order valence-corrected chi connectivity index (χ4v) is 6.39. The summed E-state index contributed by atoms with van der Waals surface area (Å²) in [4.78, 5) is 15.4. The van der Waals surface area contributed by atoms with Crippen LogP contribution < -0.4 is 15.2 Å². The molecule has 38 heavy (non-hydrogen) atoms. The topological polar surface area (TPSA) is 152 Å². The number of sulfonamides is 1. The summed E-state index contributed by atoms with van der Waals surface area (Å²) in [5, 5.41) is 20.8. The van der Waals surface area contributed by atoms with E-state index in [2.05, 4.69) is 29.6 Å². The molecule has 0 saturated carbocycles. The molecular formula is C26H28FN3O6S2. The average Bonchev–Trinajstić information content (AvgIpc) is 3.35. The number of halogens is 1. The summed E-state index contributed by atoms with van der Waals surface area (Å²) in [6.07, 6.45) is 3.72. The van der Waals surface area contributed by atoms with Crippen molar-refractivity contribution in [2.75, 3.05) is 11.8 Å². The van der Waals surface area contributed by atoms with Crippen molar-refractivity contribution < 1.29 is 32.6 Å². The number of hydrogen-bond acceptors (Lipinski definition) is 8. The Kier molecular flexibility index (Phi) is 7.62. The first kappa shape index (κ1) is 27.7. The van der Waals surface area contributed by atoms with E-state index in [1.54, 1.807) is 12.1 Å². The van der Waals surface area contributed by atoms with Gasteiger partial charge in [-0.25, -0.2) is 14.2 Å². The van der Waals surface area contributed by atoms with Gasteiger partial charge in [-0.05, 0) is 47.9 Å². The fraction of sp³-hybridized carbons (Fsp3) is 0.308. The molecule has 3 aromatic rings. The van der Waals surface area contributed by atoms with Crippen LogP contribution in [0, 0.1) is 11.2 Å². The van der Waals surface area contributed by atoms with E-state index in [-0.39, 0.29) is 21.9 Å². The maximum absolute atomic E-state index is 14.2. The Bertz CT molecular complexity index is 1530. The molecule has 1 aromatic heterocycles. The number of nitrogens with zero attached hydrogens (tertiary/aromatic N) is 1. The lowest BCUT2D eigenvalue weighted by Crippen LogP contribution is -2.16. The zero-order valence-electron chi connectivity index (χ0n) is 21.0. The van der Waals surface area contributed by atoms with E-state index in [0.717, 1.165) is 53.9 Å². The highest BCUT2D eigenvalue weighted by Gasteiger charge is 2.26. The molecule has 1 aliphatic carbocycles. The van der Waals surface area contributed by atoms with E-state index in [0.29, 0.717) is 16.1 Å². The molecule has 0 fully saturated rings. The van der Waals surface area contributed by atoms with Crippen molar-refractivity contribution in [2.24, 2.45) is 11.1 Å². The number of benzene rings is 2. The number of aliphatic hydroxyl groups excluding tert-OH is 1. The molecule has 0 spiro atoms. The van der Waals surface area contributed by atoms with Crippen LogP contribution in [-0.2, 0) is 10.0 Å². The van der Waals surface area contributed by atoms with Gasteiger partial charge >= 0.3 is 5.97 Å². The van der Waals surface area contributed by atoms with Crippen molar-refractivity contribution in [1.82, 2.24) is 4.98 Å². The maximum atomic E-state index is 14.2. The van der Waals surface area contributed by atoms with Gasteiger partial charge in [0.15, 0.2) is 5.03 Å². The number of anilines is 1. The summed E-state index contributed by atoms with van der Waals surface area (Å²) < 4.78 is 47.5. The number of nitrogens with two attached hydrogens (primary N) is 1. The number of carboxylic acids is 1. The largest absolute Gasteiger partial charge is 0.495 e. The monoisotopic (exact) mass is 561 g/mol. The molecule has 4 rings (SSSR count). The molecule has 1 heterocycles. The van der Waals surface area contributed by atoms with E-state index in [9.17, 15) is 22.7 Å². The lowest BCUT2D eigenvalue weighted by molar-refractivity contribution is 0.0691. The molecule has 12 heteroatoms. The Labute approximate surface area is 223 Å². The fourth-order valence-electron chi connectivity index (χ4n) is 4.23. The Morgan fingerprint density at radius 3 is 2.63 bits per heavy atom. The van der Waals surface area contributed by atoms with Crippen LogP contribution in [0.1, 0.15) is 60.8 Å². The second-order valence-electron chi connectivity index (χ2n) is 9.78. The average molecular weight is 562 g/mol. The van der Waals surface area contributed by atoms with Crippen molar-refractivity contribution in [3.05, 3.63) is 64.3 Å². The third kappa shape index (κ3) is 5.73. The van der Waals surface area contributed by atoms with Crippen LogP contribution in [0.5, 0.6) is 5.75 Å². The Hall–Kier alpha value is -3.32. The van der Waals surface area contributed by atoms with Gasteiger partial charge in [-0.1, -0.05) is 32.1 Å². The highest BCUT2D eigenvalue weighted by atomic mass is 32.2. The molecule has 5 N–H and O–H groups in total. The van der Waals surface area contributed by atoms with Crippen LogP contribution in [0.2, 0.25) is 0 Å². The number of carbonyl (C=O) groups is 1. The third-order valence-electron chi connectivity index (χ3n) is 6.46. The van der Waals surface area contributed by atoms with Crippen molar-refractivity contribution in [3.63, 3.8) is 0 Å². The van der Waals surface area contributed by atoms with Crippen LogP contribution in [0.15, 0.2) is 46.8 Å². The summed E-state index contributed by atoms with van der Waals surface area (Å²) in [6, 6.07) is 6.99. The number of aromatic nitrogens is 1. The first-order valence-electron chi connectivity index (χ1n) is 11.7. The number of carboxylic acid groups (broad SMARTS) is 1. The summed E-state index contributed by atoms with van der Waals surface area (Å²) >= 11 is 1.07. The van der Waals surface area contributed by atoms with Crippen LogP contribution >= 0.6 is 11.3 Å². The Morgan fingerprint density at radius 1 is 1.29 bits per heavy atom. The normalized spacial score (nSPS) is 16.0. The predicted octanol–water partition coefficient (Wildman–Crippen LogP) is 5.00. The van der Waals surface area contributed by atoms with Gasteiger partial charge in [0.2, 0.25) is 0 Å². The first-order chi connectivity index (χ1) is 17.8. The van der Waals surface area contributed by atoms with Crippen LogP contribution in [-0.4, -0.2) is 36.7 Å². The Morgan fingerprint density at radius 2 is 2.03 bits per heavy atom. The molecule has 0 aliphatic heterocycles. The predicted molar refractivity (Wildman–Crippen MR) is 143 cm³/mol. The molecule has 1 aliphatic rings. The number of allylic oxidation sites excluding steroid dienone is 2. The number of methoxy groups -OCH3 is 1. The quantitative estimate of drug-likeness (QED) is 0.281. The van der Waals surface area contributed by atoms with E-state index >= 15 is 0 Å². The molecule has 0 radical (unpaired) electrons. The smallest absolute Gasteiger partial charge is 0.338 e. The van der Waals surface area contributed by atoms with E-state index in [1.807, 2.05) is 6.07 Å². The lowest BCUT2D eigenvalue weighted by Gasteiger charge is -2.29. The van der Waals surface area contributed by atoms with Gasteiger partial charge in [0, 0.05) is 22.6 Å². The van der Waals surface area contributed by atoms with Crippen molar-refractivity contribution in [3.8, 4) is 16.3 Å². The van der Waals surface area contributed by atoms with Crippen molar-refractivity contribution in [1.29, 1.82) is 0 Å². The summed E-state index contributed by atoms with van der Waals surface area (Å²) in [5.41, 5.74) is 8.22. The SMILES string of the molecule is COc1cc(C(=O)O)c(F)cc1NS(=O)(=O)c1csc(-c2ccc(C3=CCC(C)(C)CC3)c(C(N)O)c2)n1. The summed E-state index contributed by atoms with van der Waals surface area (Å²) in [5.74, 6) is -2.81. The molecule has 1 atom stereocenters. The number of nitrogens with one attached hydrogen (secondary N) is 1. The van der Waals surface area contributed by atoms with Gasteiger partial charge in [-0.3, -0.25) is 4.72 Å². The minimum Gasteiger partial charge on any atom is -0.495 e. The number of hydrogen-bond donors (Lipinski definition) is 4. The molecule has 0 amide bonds. The lowest BCUT2D eigenvalue weighted by atomic mass is 9.76. The molecule has 1 unspecified atom stereocenters. The number of rotatable bonds is 8. The number of aliphatic hydroxyl groups is 1. The molecule has 2 aromatic carbocycles. The van der Waals surface area contributed by atoms with E-state index < -0.39 is 33.6 Å². The number of ether oxygens (including phenoxy) is 1. The van der Waals surface area contributed by atoms with Gasteiger partial charge in [0.1, 0.15) is 22.8 Å². The molecule has 0 bridgehead atoms. The molecule has 9 nitrogen and oxygen atoms in total.